The molecule has 0 radical (unpaired) electrons. The summed E-state index contributed by atoms with van der Waals surface area (Å²) in [7, 11) is 0. The predicted molar refractivity (Wildman–Crippen MR) is 78.8 cm³/mol. The molecule has 0 bridgehead atoms. The third kappa shape index (κ3) is 4.54. The van der Waals surface area contributed by atoms with Gasteiger partial charge in [0.25, 0.3) is 0 Å². The molecule has 2 rings (SSSR count). The van der Waals surface area contributed by atoms with Gasteiger partial charge in [-0.3, -0.25) is 0 Å². The van der Waals surface area contributed by atoms with E-state index in [1.54, 1.807) is 12.3 Å². The van der Waals surface area contributed by atoms with E-state index in [0.717, 1.165) is 18.7 Å². The van der Waals surface area contributed by atoms with Crippen LogP contribution in [0.25, 0.3) is 0 Å². The molecule has 20 heavy (non-hydrogen) atoms. The van der Waals surface area contributed by atoms with Crippen LogP contribution in [0.1, 0.15) is 25.2 Å². The smallest absolute Gasteiger partial charge is 0.174 e. The van der Waals surface area contributed by atoms with E-state index in [1.165, 1.54) is 0 Å². The number of hydrogen-bond acceptors (Lipinski definition) is 4. The average molecular weight is 295 g/mol. The second-order valence-electron chi connectivity index (χ2n) is 5.06. The fourth-order valence-corrected chi connectivity index (χ4v) is 2.00. The van der Waals surface area contributed by atoms with Crippen LogP contribution in [0.4, 0.5) is 0 Å². The average Bonchev–Trinajstić information content (AvgIpc) is 2.90. The highest BCUT2D eigenvalue weighted by Gasteiger charge is 2.05. The molecule has 0 aliphatic heterocycles. The van der Waals surface area contributed by atoms with Crippen LogP contribution in [-0.4, -0.2) is 11.7 Å². The van der Waals surface area contributed by atoms with Crippen LogP contribution in [0.5, 0.6) is 5.75 Å². The van der Waals surface area contributed by atoms with E-state index in [0.29, 0.717) is 29.1 Å². The molecule has 1 aromatic heterocycles. The van der Waals surface area contributed by atoms with Gasteiger partial charge in [0.05, 0.1) is 11.2 Å². The summed E-state index contributed by atoms with van der Waals surface area (Å²) in [6, 6.07) is 7.57. The lowest BCUT2D eigenvalue weighted by atomic mass is 10.2. The minimum absolute atomic E-state index is 0.324. The Morgan fingerprint density at radius 3 is 2.85 bits per heavy atom. The molecule has 0 amide bonds. The van der Waals surface area contributed by atoms with E-state index in [9.17, 15) is 0 Å². The largest absolute Gasteiger partial charge is 0.484 e. The van der Waals surface area contributed by atoms with Crippen molar-refractivity contribution in [2.24, 2.45) is 5.92 Å². The van der Waals surface area contributed by atoms with Crippen LogP contribution < -0.4 is 10.1 Å². The summed E-state index contributed by atoms with van der Waals surface area (Å²) in [4.78, 5) is 0. The van der Waals surface area contributed by atoms with Crippen LogP contribution in [0.15, 0.2) is 35.0 Å². The zero-order valence-corrected chi connectivity index (χ0v) is 12.5. The van der Waals surface area contributed by atoms with Gasteiger partial charge in [-0.15, -0.1) is 0 Å². The van der Waals surface area contributed by atoms with Crippen molar-refractivity contribution in [1.29, 1.82) is 0 Å². The van der Waals surface area contributed by atoms with Gasteiger partial charge in [-0.1, -0.05) is 36.7 Å². The Balaban J connectivity index is 1.88. The van der Waals surface area contributed by atoms with E-state index < -0.39 is 0 Å². The number of aromatic nitrogens is 1. The molecule has 4 nitrogen and oxygen atoms in total. The van der Waals surface area contributed by atoms with Gasteiger partial charge < -0.3 is 14.6 Å². The SMILES string of the molecule is CC(C)CNCc1ccc(OCc2ccno2)c(Cl)c1. The van der Waals surface area contributed by atoms with Gasteiger partial charge in [-0.25, -0.2) is 0 Å². The maximum atomic E-state index is 6.21. The Hall–Kier alpha value is -1.52. The molecule has 2 aromatic rings. The highest BCUT2D eigenvalue weighted by Crippen LogP contribution is 2.26. The normalized spacial score (nSPS) is 11.0. The Labute approximate surface area is 124 Å². The fourth-order valence-electron chi connectivity index (χ4n) is 1.74. The van der Waals surface area contributed by atoms with Gasteiger partial charge in [-0.2, -0.15) is 0 Å². The molecule has 0 atom stereocenters. The lowest BCUT2D eigenvalue weighted by Crippen LogP contribution is -2.18. The third-order valence-electron chi connectivity index (χ3n) is 2.74. The number of benzene rings is 1. The molecule has 1 heterocycles. The summed E-state index contributed by atoms with van der Waals surface area (Å²) in [6.07, 6.45) is 1.59. The van der Waals surface area contributed by atoms with Gasteiger partial charge in [-0.05, 0) is 30.2 Å². The Morgan fingerprint density at radius 1 is 1.35 bits per heavy atom. The van der Waals surface area contributed by atoms with Crippen molar-refractivity contribution < 1.29 is 9.26 Å². The molecule has 0 unspecified atom stereocenters. The van der Waals surface area contributed by atoms with Crippen LogP contribution in [0.2, 0.25) is 5.02 Å². The first kappa shape index (κ1) is 14.9. The highest BCUT2D eigenvalue weighted by atomic mass is 35.5. The van der Waals surface area contributed by atoms with Crippen LogP contribution in [0, 0.1) is 5.92 Å². The van der Waals surface area contributed by atoms with Crippen LogP contribution in [-0.2, 0) is 13.2 Å². The van der Waals surface area contributed by atoms with Crippen molar-refractivity contribution in [2.45, 2.75) is 27.0 Å². The van der Waals surface area contributed by atoms with Gasteiger partial charge in [0.2, 0.25) is 0 Å². The second-order valence-corrected chi connectivity index (χ2v) is 5.46. The summed E-state index contributed by atoms with van der Waals surface area (Å²) < 4.78 is 10.6. The topological polar surface area (TPSA) is 47.3 Å². The summed E-state index contributed by atoms with van der Waals surface area (Å²) in [5.74, 6) is 1.95. The molecule has 1 N–H and O–H groups in total. The highest BCUT2D eigenvalue weighted by molar-refractivity contribution is 6.32. The number of nitrogens with zero attached hydrogens (tertiary/aromatic N) is 1. The first-order valence-electron chi connectivity index (χ1n) is 6.66. The Kier molecular flexibility index (Phi) is 5.44. The van der Waals surface area contributed by atoms with Crippen molar-refractivity contribution in [2.75, 3.05) is 6.54 Å². The van der Waals surface area contributed by atoms with Crippen molar-refractivity contribution in [1.82, 2.24) is 10.5 Å². The number of rotatable bonds is 7. The second kappa shape index (κ2) is 7.31. The first-order valence-corrected chi connectivity index (χ1v) is 7.04. The number of ether oxygens (including phenoxy) is 1. The molecule has 0 saturated heterocycles. The van der Waals surface area contributed by atoms with Crippen molar-refractivity contribution in [3.8, 4) is 5.75 Å². The zero-order chi connectivity index (χ0) is 14.4. The lowest BCUT2D eigenvalue weighted by Gasteiger charge is -2.10. The first-order chi connectivity index (χ1) is 9.65. The maximum absolute atomic E-state index is 6.21. The molecular weight excluding hydrogens is 276 g/mol. The molecule has 108 valence electrons. The molecule has 5 heteroatoms. The third-order valence-corrected chi connectivity index (χ3v) is 3.03. The van der Waals surface area contributed by atoms with Gasteiger partial charge in [0.15, 0.2) is 5.76 Å². The molecule has 0 fully saturated rings. The van der Waals surface area contributed by atoms with Crippen molar-refractivity contribution in [3.63, 3.8) is 0 Å². The quantitative estimate of drug-likeness (QED) is 0.847. The van der Waals surface area contributed by atoms with Gasteiger partial charge >= 0.3 is 0 Å². The van der Waals surface area contributed by atoms with Crippen LogP contribution >= 0.6 is 11.6 Å². The zero-order valence-electron chi connectivity index (χ0n) is 11.7. The molecule has 0 spiro atoms. The number of halogens is 1. The predicted octanol–water partition coefficient (Wildman–Crippen LogP) is 3.65. The Bertz CT molecular complexity index is 527. The van der Waals surface area contributed by atoms with E-state index in [-0.39, 0.29) is 0 Å². The minimum Gasteiger partial charge on any atom is -0.484 e. The summed E-state index contributed by atoms with van der Waals surface area (Å²) >= 11 is 6.21. The molecular formula is C15H19ClN2O2. The van der Waals surface area contributed by atoms with Crippen LogP contribution in [0.3, 0.4) is 0 Å². The summed E-state index contributed by atoms with van der Waals surface area (Å²) in [5, 5.41) is 7.61. The van der Waals surface area contributed by atoms with Gasteiger partial charge in [0, 0.05) is 12.6 Å². The van der Waals surface area contributed by atoms with E-state index in [2.05, 4.69) is 24.3 Å². The minimum atomic E-state index is 0.324. The maximum Gasteiger partial charge on any atom is 0.174 e. The lowest BCUT2D eigenvalue weighted by molar-refractivity contribution is 0.249. The molecule has 0 aliphatic rings. The van der Waals surface area contributed by atoms with Gasteiger partial charge in [0.1, 0.15) is 12.4 Å². The fraction of sp³-hybridized carbons (Fsp3) is 0.400. The molecule has 0 saturated carbocycles. The monoisotopic (exact) mass is 294 g/mol. The molecule has 0 aliphatic carbocycles. The molecule has 1 aromatic carbocycles. The summed E-state index contributed by atoms with van der Waals surface area (Å²) in [6.45, 7) is 6.48. The number of nitrogens with one attached hydrogen (secondary N) is 1. The van der Waals surface area contributed by atoms with Crippen molar-refractivity contribution >= 4 is 11.6 Å². The standard InChI is InChI=1S/C15H19ClN2O2/c1-11(2)8-17-9-12-3-4-15(14(16)7-12)19-10-13-5-6-18-20-13/h3-7,11,17H,8-10H2,1-2H3. The summed E-state index contributed by atoms with van der Waals surface area (Å²) in [5.41, 5.74) is 1.14. The van der Waals surface area contributed by atoms with E-state index in [4.69, 9.17) is 20.9 Å². The van der Waals surface area contributed by atoms with E-state index >= 15 is 0 Å². The van der Waals surface area contributed by atoms with E-state index in [1.807, 2.05) is 18.2 Å². The number of hydrogen-bond donors (Lipinski definition) is 1. The van der Waals surface area contributed by atoms with Crippen molar-refractivity contribution in [3.05, 3.63) is 46.8 Å². The Morgan fingerprint density at radius 2 is 2.20 bits per heavy atom.